The smallest absolute Gasteiger partial charge is 0.320 e. The van der Waals surface area contributed by atoms with E-state index in [4.69, 9.17) is 0 Å². The lowest BCUT2D eigenvalue weighted by Crippen LogP contribution is -2.42. The van der Waals surface area contributed by atoms with Gasteiger partial charge in [-0.2, -0.15) is 5.10 Å². The standard InChI is InChI=1S/C23H31N5O2/c1-5-8-17-11-20(25-24-17)22(29)27-12-16-13-28(23(30)26(3)4)21(19(16)14-27)18-10-7-6-9-15(18)2/h6-7,9-11,16,19,21H,5,8,12-14H2,1-4H3,(H,24,25)/t16-,19-,21+/m1/s1. The fourth-order valence-electron chi connectivity index (χ4n) is 5.01. The molecule has 7 nitrogen and oxygen atoms in total. The molecule has 2 aliphatic rings. The van der Waals surface area contributed by atoms with Crippen LogP contribution >= 0.6 is 0 Å². The molecule has 4 rings (SSSR count). The summed E-state index contributed by atoms with van der Waals surface area (Å²) in [5.74, 6) is 0.488. The maximum Gasteiger partial charge on any atom is 0.320 e. The highest BCUT2D eigenvalue weighted by Crippen LogP contribution is 2.46. The molecule has 2 saturated heterocycles. The van der Waals surface area contributed by atoms with Crippen molar-refractivity contribution in [3.05, 3.63) is 52.8 Å². The van der Waals surface area contributed by atoms with Crippen molar-refractivity contribution in [3.63, 3.8) is 0 Å². The molecule has 1 N–H and O–H groups in total. The van der Waals surface area contributed by atoms with Crippen LogP contribution in [0.4, 0.5) is 4.79 Å². The molecule has 2 aliphatic heterocycles. The molecule has 0 bridgehead atoms. The van der Waals surface area contributed by atoms with E-state index in [0.717, 1.165) is 18.5 Å². The van der Waals surface area contributed by atoms with Gasteiger partial charge in [-0.05, 0) is 30.5 Å². The van der Waals surface area contributed by atoms with Crippen molar-refractivity contribution in [3.8, 4) is 0 Å². The Balaban J connectivity index is 1.58. The van der Waals surface area contributed by atoms with Gasteiger partial charge >= 0.3 is 6.03 Å². The second-order valence-corrected chi connectivity index (χ2v) is 8.79. The number of carbonyl (C=O) groups excluding carboxylic acids is 2. The van der Waals surface area contributed by atoms with Crippen LogP contribution < -0.4 is 0 Å². The summed E-state index contributed by atoms with van der Waals surface area (Å²) in [5.41, 5.74) is 3.85. The van der Waals surface area contributed by atoms with Crippen molar-refractivity contribution < 1.29 is 9.59 Å². The number of fused-ring (bicyclic) bond motifs is 1. The van der Waals surface area contributed by atoms with Crippen LogP contribution in [-0.4, -0.2) is 70.6 Å². The number of aryl methyl sites for hydroxylation is 2. The average molecular weight is 410 g/mol. The zero-order valence-corrected chi connectivity index (χ0v) is 18.3. The van der Waals surface area contributed by atoms with Gasteiger partial charge in [0.15, 0.2) is 0 Å². The van der Waals surface area contributed by atoms with Crippen molar-refractivity contribution in [1.82, 2.24) is 24.9 Å². The van der Waals surface area contributed by atoms with E-state index in [2.05, 4.69) is 36.2 Å². The van der Waals surface area contributed by atoms with Gasteiger partial charge in [-0.15, -0.1) is 0 Å². The maximum absolute atomic E-state index is 13.1. The fourth-order valence-corrected chi connectivity index (χ4v) is 5.01. The number of hydrogen-bond donors (Lipinski definition) is 1. The van der Waals surface area contributed by atoms with E-state index in [9.17, 15) is 9.59 Å². The van der Waals surface area contributed by atoms with E-state index >= 15 is 0 Å². The van der Waals surface area contributed by atoms with Crippen molar-refractivity contribution in [1.29, 1.82) is 0 Å². The van der Waals surface area contributed by atoms with E-state index < -0.39 is 0 Å². The molecule has 30 heavy (non-hydrogen) atoms. The van der Waals surface area contributed by atoms with E-state index in [1.807, 2.05) is 28.0 Å². The normalized spacial score (nSPS) is 23.0. The molecule has 0 spiro atoms. The van der Waals surface area contributed by atoms with Crippen LogP contribution in [0.15, 0.2) is 30.3 Å². The first-order chi connectivity index (χ1) is 14.4. The number of nitrogens with zero attached hydrogens (tertiary/aromatic N) is 4. The quantitative estimate of drug-likeness (QED) is 0.843. The minimum atomic E-state index is -0.0166. The SMILES string of the molecule is CCCc1cc(C(=O)N2C[C@@H]3CN(C(=O)N(C)C)[C@@H](c4ccccc4C)[C@@H]3C2)n[nH]1. The molecule has 160 valence electrons. The highest BCUT2D eigenvalue weighted by molar-refractivity contribution is 5.92. The average Bonchev–Trinajstić information content (AvgIpc) is 3.42. The van der Waals surface area contributed by atoms with Crippen molar-refractivity contribution in [2.45, 2.75) is 32.7 Å². The van der Waals surface area contributed by atoms with Crippen LogP contribution in [0, 0.1) is 18.8 Å². The van der Waals surface area contributed by atoms with Gasteiger partial charge in [0.2, 0.25) is 0 Å². The number of urea groups is 1. The molecule has 7 heteroatoms. The summed E-state index contributed by atoms with van der Waals surface area (Å²) in [6, 6.07) is 10.2. The third kappa shape index (κ3) is 3.57. The number of aromatic nitrogens is 2. The third-order valence-corrected chi connectivity index (χ3v) is 6.46. The number of nitrogens with one attached hydrogen (secondary N) is 1. The number of H-pyrrole nitrogens is 1. The number of hydrogen-bond acceptors (Lipinski definition) is 3. The Bertz CT molecular complexity index is 937. The van der Waals surface area contributed by atoms with Crippen LogP contribution in [0.5, 0.6) is 0 Å². The number of likely N-dealkylation sites (tertiary alicyclic amines) is 2. The van der Waals surface area contributed by atoms with E-state index in [1.165, 1.54) is 11.1 Å². The van der Waals surface area contributed by atoms with E-state index in [0.29, 0.717) is 25.3 Å². The summed E-state index contributed by atoms with van der Waals surface area (Å²) >= 11 is 0. The lowest BCUT2D eigenvalue weighted by molar-refractivity contribution is 0.0760. The van der Waals surface area contributed by atoms with Crippen molar-refractivity contribution >= 4 is 11.9 Å². The number of benzene rings is 1. The van der Waals surface area contributed by atoms with Gasteiger partial charge < -0.3 is 14.7 Å². The Kier molecular flexibility index (Phi) is 5.54. The molecule has 2 aromatic rings. The van der Waals surface area contributed by atoms with E-state index in [1.54, 1.807) is 19.0 Å². The predicted octanol–water partition coefficient (Wildman–Crippen LogP) is 3.10. The molecule has 0 unspecified atom stereocenters. The van der Waals surface area contributed by atoms with Crippen molar-refractivity contribution in [2.75, 3.05) is 33.7 Å². The Morgan fingerprint density at radius 3 is 2.67 bits per heavy atom. The zero-order valence-electron chi connectivity index (χ0n) is 18.3. The second kappa shape index (κ2) is 8.13. The molecule has 0 radical (unpaired) electrons. The predicted molar refractivity (Wildman–Crippen MR) is 115 cm³/mol. The minimum Gasteiger partial charge on any atom is -0.337 e. The summed E-state index contributed by atoms with van der Waals surface area (Å²) in [6.45, 7) is 6.19. The van der Waals surface area contributed by atoms with Gasteiger partial charge in [-0.25, -0.2) is 4.79 Å². The summed E-state index contributed by atoms with van der Waals surface area (Å²) in [4.78, 5) is 31.6. The Labute approximate surface area is 178 Å². The molecule has 1 aromatic carbocycles. The van der Waals surface area contributed by atoms with Crippen LogP contribution in [0.3, 0.4) is 0 Å². The van der Waals surface area contributed by atoms with Crippen LogP contribution in [0.2, 0.25) is 0 Å². The van der Waals surface area contributed by atoms with Gasteiger partial charge in [0.05, 0.1) is 6.04 Å². The van der Waals surface area contributed by atoms with Gasteiger partial charge in [0.1, 0.15) is 5.69 Å². The van der Waals surface area contributed by atoms with Crippen molar-refractivity contribution in [2.24, 2.45) is 11.8 Å². The number of carbonyl (C=O) groups is 2. The molecule has 3 heterocycles. The third-order valence-electron chi connectivity index (χ3n) is 6.46. The number of rotatable bonds is 4. The number of amides is 3. The lowest BCUT2D eigenvalue weighted by atomic mass is 9.88. The monoisotopic (exact) mass is 409 g/mol. The second-order valence-electron chi connectivity index (χ2n) is 8.79. The van der Waals surface area contributed by atoms with E-state index in [-0.39, 0.29) is 29.8 Å². The van der Waals surface area contributed by atoms with Crippen LogP contribution in [-0.2, 0) is 6.42 Å². The highest BCUT2D eigenvalue weighted by Gasteiger charge is 2.50. The molecule has 0 saturated carbocycles. The first-order valence-corrected chi connectivity index (χ1v) is 10.8. The molecule has 2 fully saturated rings. The Hall–Kier alpha value is -2.83. The summed E-state index contributed by atoms with van der Waals surface area (Å²) < 4.78 is 0. The van der Waals surface area contributed by atoms with Gasteiger partial charge in [-0.1, -0.05) is 37.6 Å². The summed E-state index contributed by atoms with van der Waals surface area (Å²) in [7, 11) is 3.60. The molecular formula is C23H31N5O2. The van der Waals surface area contributed by atoms with Crippen LogP contribution in [0.1, 0.15) is 46.7 Å². The lowest BCUT2D eigenvalue weighted by Gasteiger charge is -2.32. The van der Waals surface area contributed by atoms with Gasteiger partial charge in [0.25, 0.3) is 5.91 Å². The Morgan fingerprint density at radius 2 is 1.97 bits per heavy atom. The van der Waals surface area contributed by atoms with Crippen LogP contribution in [0.25, 0.3) is 0 Å². The topological polar surface area (TPSA) is 72.5 Å². The zero-order chi connectivity index (χ0) is 21.4. The van der Waals surface area contributed by atoms with Gasteiger partial charge in [-0.3, -0.25) is 9.89 Å². The molecule has 3 amide bonds. The molecule has 3 atom stereocenters. The number of aromatic amines is 1. The fraction of sp³-hybridized carbons (Fsp3) is 0.522. The first kappa shape index (κ1) is 20.4. The molecule has 1 aromatic heterocycles. The van der Waals surface area contributed by atoms with Gasteiger partial charge in [0, 0.05) is 51.3 Å². The maximum atomic E-state index is 13.1. The Morgan fingerprint density at radius 1 is 1.20 bits per heavy atom. The highest BCUT2D eigenvalue weighted by atomic mass is 16.2. The summed E-state index contributed by atoms with van der Waals surface area (Å²) in [6.07, 6.45) is 1.90. The largest absolute Gasteiger partial charge is 0.337 e. The molecule has 0 aliphatic carbocycles. The molecular weight excluding hydrogens is 378 g/mol. The first-order valence-electron chi connectivity index (χ1n) is 10.8. The minimum absolute atomic E-state index is 0.0151. The summed E-state index contributed by atoms with van der Waals surface area (Å²) in [5, 5.41) is 7.23.